The SMILES string of the molecule is Cc1cc([N+](=O)[O-])cc2oc(C(N)=O)c(C)c12. The number of amides is 1. The first-order chi connectivity index (χ1) is 7.91. The average Bonchev–Trinajstić information content (AvgIpc) is 2.56. The summed E-state index contributed by atoms with van der Waals surface area (Å²) >= 11 is 0. The van der Waals surface area contributed by atoms with Crippen LogP contribution in [0.4, 0.5) is 5.69 Å². The zero-order chi connectivity index (χ0) is 12.7. The highest BCUT2D eigenvalue weighted by atomic mass is 16.6. The van der Waals surface area contributed by atoms with Crippen LogP contribution in [0.15, 0.2) is 16.5 Å². The smallest absolute Gasteiger partial charge is 0.284 e. The van der Waals surface area contributed by atoms with Gasteiger partial charge in [0.1, 0.15) is 5.58 Å². The highest BCUT2D eigenvalue weighted by Crippen LogP contribution is 2.31. The van der Waals surface area contributed by atoms with E-state index in [1.54, 1.807) is 13.8 Å². The van der Waals surface area contributed by atoms with Crippen LogP contribution >= 0.6 is 0 Å². The monoisotopic (exact) mass is 234 g/mol. The molecule has 2 N–H and O–H groups in total. The van der Waals surface area contributed by atoms with Gasteiger partial charge in [-0.3, -0.25) is 14.9 Å². The van der Waals surface area contributed by atoms with E-state index in [9.17, 15) is 14.9 Å². The number of carbonyl (C=O) groups is 1. The number of aryl methyl sites for hydroxylation is 2. The molecule has 0 unspecified atom stereocenters. The fourth-order valence-corrected chi connectivity index (χ4v) is 1.94. The number of hydrogen-bond acceptors (Lipinski definition) is 4. The van der Waals surface area contributed by atoms with Crippen LogP contribution in [-0.4, -0.2) is 10.8 Å². The predicted octanol–water partition coefficient (Wildman–Crippen LogP) is 2.06. The molecule has 2 aromatic rings. The molecule has 0 saturated heterocycles. The maximum atomic E-state index is 11.1. The van der Waals surface area contributed by atoms with E-state index < -0.39 is 10.8 Å². The number of nitrogens with zero attached hydrogens (tertiary/aromatic N) is 1. The molecule has 0 aliphatic rings. The zero-order valence-corrected chi connectivity index (χ0v) is 9.31. The molecule has 0 aliphatic carbocycles. The van der Waals surface area contributed by atoms with Crippen LogP contribution in [-0.2, 0) is 0 Å². The van der Waals surface area contributed by atoms with Crippen LogP contribution in [0.25, 0.3) is 11.0 Å². The molecule has 6 nitrogen and oxygen atoms in total. The van der Waals surface area contributed by atoms with E-state index in [1.807, 2.05) is 0 Å². The second-order valence-electron chi connectivity index (χ2n) is 3.81. The Balaban J connectivity index is 2.83. The van der Waals surface area contributed by atoms with E-state index in [0.717, 1.165) is 0 Å². The number of carbonyl (C=O) groups excluding carboxylic acids is 1. The van der Waals surface area contributed by atoms with E-state index >= 15 is 0 Å². The molecule has 1 aromatic heterocycles. The minimum atomic E-state index is -0.680. The lowest BCUT2D eigenvalue weighted by atomic mass is 10.1. The fraction of sp³-hybridized carbons (Fsp3) is 0.182. The molecule has 0 aliphatic heterocycles. The largest absolute Gasteiger partial charge is 0.450 e. The molecule has 0 fully saturated rings. The number of rotatable bonds is 2. The van der Waals surface area contributed by atoms with Crippen molar-refractivity contribution in [2.75, 3.05) is 0 Å². The Morgan fingerprint density at radius 1 is 1.41 bits per heavy atom. The van der Waals surface area contributed by atoms with Gasteiger partial charge in [0, 0.05) is 17.0 Å². The number of primary amides is 1. The minimum Gasteiger partial charge on any atom is -0.450 e. The standard InChI is InChI=1S/C11H10N2O4/c1-5-3-7(13(15)16)4-8-9(5)6(2)10(17-8)11(12)14/h3-4H,1-2H3,(H2,12,14). The van der Waals surface area contributed by atoms with E-state index in [4.69, 9.17) is 10.2 Å². The topological polar surface area (TPSA) is 99.4 Å². The molecule has 1 amide bonds. The van der Waals surface area contributed by atoms with E-state index in [-0.39, 0.29) is 11.4 Å². The predicted molar refractivity (Wildman–Crippen MR) is 60.9 cm³/mol. The molecule has 0 saturated carbocycles. The van der Waals surface area contributed by atoms with E-state index in [2.05, 4.69) is 0 Å². The number of hydrogen-bond donors (Lipinski definition) is 1. The van der Waals surface area contributed by atoms with E-state index in [1.165, 1.54) is 12.1 Å². The molecular weight excluding hydrogens is 224 g/mol. The normalized spacial score (nSPS) is 10.7. The Morgan fingerprint density at radius 3 is 2.59 bits per heavy atom. The summed E-state index contributed by atoms with van der Waals surface area (Å²) < 4.78 is 5.25. The molecule has 0 atom stereocenters. The van der Waals surface area contributed by atoms with Gasteiger partial charge in [-0.25, -0.2) is 0 Å². The fourth-order valence-electron chi connectivity index (χ4n) is 1.94. The quantitative estimate of drug-likeness (QED) is 0.634. The van der Waals surface area contributed by atoms with Crippen molar-refractivity contribution in [3.8, 4) is 0 Å². The molecule has 0 bridgehead atoms. The highest BCUT2D eigenvalue weighted by molar-refractivity contribution is 5.99. The average molecular weight is 234 g/mol. The van der Waals surface area contributed by atoms with Crippen molar-refractivity contribution >= 4 is 22.6 Å². The van der Waals surface area contributed by atoms with Gasteiger partial charge in [0.25, 0.3) is 11.6 Å². The van der Waals surface area contributed by atoms with Crippen LogP contribution in [0, 0.1) is 24.0 Å². The maximum Gasteiger partial charge on any atom is 0.284 e. The van der Waals surface area contributed by atoms with Crippen molar-refractivity contribution in [2.24, 2.45) is 5.73 Å². The van der Waals surface area contributed by atoms with Gasteiger partial charge in [-0.15, -0.1) is 0 Å². The second kappa shape index (κ2) is 3.58. The van der Waals surface area contributed by atoms with Crippen molar-refractivity contribution in [3.63, 3.8) is 0 Å². The number of nitro benzene ring substituents is 1. The summed E-state index contributed by atoms with van der Waals surface area (Å²) in [5, 5.41) is 11.4. The summed E-state index contributed by atoms with van der Waals surface area (Å²) in [6.45, 7) is 3.42. The van der Waals surface area contributed by atoms with Crippen molar-refractivity contribution in [1.29, 1.82) is 0 Å². The molecule has 0 spiro atoms. The molecular formula is C11H10N2O4. The summed E-state index contributed by atoms with van der Waals surface area (Å²) in [5.41, 5.74) is 6.69. The lowest BCUT2D eigenvalue weighted by molar-refractivity contribution is -0.384. The molecule has 6 heteroatoms. The molecule has 0 radical (unpaired) electrons. The lowest BCUT2D eigenvalue weighted by Gasteiger charge is -1.97. The van der Waals surface area contributed by atoms with Gasteiger partial charge in [-0.1, -0.05) is 0 Å². The first-order valence-corrected chi connectivity index (χ1v) is 4.89. The van der Waals surface area contributed by atoms with Gasteiger partial charge in [0.05, 0.1) is 11.0 Å². The van der Waals surface area contributed by atoms with Crippen molar-refractivity contribution in [1.82, 2.24) is 0 Å². The first kappa shape index (κ1) is 11.1. The number of benzene rings is 1. The Hall–Kier alpha value is -2.37. The Bertz CT molecular complexity index is 642. The van der Waals surface area contributed by atoms with E-state index in [0.29, 0.717) is 22.1 Å². The number of nitrogens with two attached hydrogens (primary N) is 1. The summed E-state index contributed by atoms with van der Waals surface area (Å²) in [6.07, 6.45) is 0. The van der Waals surface area contributed by atoms with Crippen LogP contribution < -0.4 is 5.73 Å². The first-order valence-electron chi connectivity index (χ1n) is 4.89. The molecule has 1 heterocycles. The van der Waals surface area contributed by atoms with Gasteiger partial charge in [0.15, 0.2) is 5.76 Å². The Labute approximate surface area is 96.2 Å². The van der Waals surface area contributed by atoms with Crippen LogP contribution in [0.5, 0.6) is 0 Å². The minimum absolute atomic E-state index is 0.0450. The van der Waals surface area contributed by atoms with Crippen LogP contribution in [0.2, 0.25) is 0 Å². The van der Waals surface area contributed by atoms with Gasteiger partial charge in [-0.05, 0) is 19.4 Å². The number of furan rings is 1. The van der Waals surface area contributed by atoms with Crippen molar-refractivity contribution < 1.29 is 14.1 Å². The van der Waals surface area contributed by atoms with Crippen molar-refractivity contribution in [2.45, 2.75) is 13.8 Å². The summed E-state index contributed by atoms with van der Waals surface area (Å²) in [4.78, 5) is 21.3. The third kappa shape index (κ3) is 1.63. The number of non-ortho nitro benzene ring substituents is 1. The van der Waals surface area contributed by atoms with Crippen molar-refractivity contribution in [3.05, 3.63) is 39.1 Å². The maximum absolute atomic E-state index is 11.1. The Morgan fingerprint density at radius 2 is 2.06 bits per heavy atom. The molecule has 88 valence electrons. The molecule has 17 heavy (non-hydrogen) atoms. The van der Waals surface area contributed by atoms with Crippen LogP contribution in [0.3, 0.4) is 0 Å². The second-order valence-corrected chi connectivity index (χ2v) is 3.81. The zero-order valence-electron chi connectivity index (χ0n) is 9.31. The van der Waals surface area contributed by atoms with Gasteiger partial charge in [-0.2, -0.15) is 0 Å². The third-order valence-corrected chi connectivity index (χ3v) is 2.65. The van der Waals surface area contributed by atoms with Crippen LogP contribution in [0.1, 0.15) is 21.7 Å². The number of fused-ring (bicyclic) bond motifs is 1. The highest BCUT2D eigenvalue weighted by Gasteiger charge is 2.19. The number of nitro groups is 1. The van der Waals surface area contributed by atoms with Gasteiger partial charge < -0.3 is 10.2 Å². The summed E-state index contributed by atoms with van der Waals surface area (Å²) in [5.74, 6) is -0.635. The Kier molecular flexibility index (Phi) is 2.35. The summed E-state index contributed by atoms with van der Waals surface area (Å²) in [6, 6.07) is 2.73. The third-order valence-electron chi connectivity index (χ3n) is 2.65. The summed E-state index contributed by atoms with van der Waals surface area (Å²) in [7, 11) is 0. The van der Waals surface area contributed by atoms with Gasteiger partial charge >= 0.3 is 0 Å². The van der Waals surface area contributed by atoms with Gasteiger partial charge in [0.2, 0.25) is 0 Å². The molecule has 2 rings (SSSR count). The molecule has 1 aromatic carbocycles. The lowest BCUT2D eigenvalue weighted by Crippen LogP contribution is -2.10.